The average molecular weight is 501 g/mol. The van der Waals surface area contributed by atoms with Crippen LogP contribution in [0.25, 0.3) is 0 Å². The molecule has 0 aromatic heterocycles. The first kappa shape index (κ1) is 24.7. The maximum absolute atomic E-state index is 11.9. The van der Waals surface area contributed by atoms with E-state index in [1.165, 1.54) is 18.4 Å². The smallest absolute Gasteiger partial charge is 0.221 e. The van der Waals surface area contributed by atoms with E-state index in [0.717, 1.165) is 32.0 Å². The minimum absolute atomic E-state index is 0. The van der Waals surface area contributed by atoms with Gasteiger partial charge in [0.1, 0.15) is 0 Å². The molecule has 28 heavy (non-hydrogen) atoms. The number of carbonyl (C=O) groups excluding carboxylic acids is 1. The lowest BCUT2D eigenvalue weighted by atomic mass is 10.1. The summed E-state index contributed by atoms with van der Waals surface area (Å²) in [6.07, 6.45) is 3.92. The molecule has 3 N–H and O–H groups in total. The van der Waals surface area contributed by atoms with E-state index >= 15 is 0 Å². The van der Waals surface area contributed by atoms with Crippen LogP contribution in [0.4, 0.5) is 0 Å². The Kier molecular flexibility index (Phi) is 12.1. The van der Waals surface area contributed by atoms with Crippen molar-refractivity contribution in [3.05, 3.63) is 35.9 Å². The number of hydrogen-bond donors (Lipinski definition) is 3. The van der Waals surface area contributed by atoms with E-state index in [0.29, 0.717) is 19.0 Å². The molecule has 1 saturated heterocycles. The summed E-state index contributed by atoms with van der Waals surface area (Å²) in [6, 6.07) is 11.2. The van der Waals surface area contributed by atoms with Gasteiger partial charge in [-0.15, -0.1) is 24.0 Å². The van der Waals surface area contributed by atoms with Gasteiger partial charge in [0.05, 0.1) is 6.04 Å². The number of amides is 1. The van der Waals surface area contributed by atoms with Crippen molar-refractivity contribution in [2.75, 3.05) is 33.2 Å². The second-order valence-electron chi connectivity index (χ2n) is 7.18. The van der Waals surface area contributed by atoms with Crippen molar-refractivity contribution in [1.82, 2.24) is 20.9 Å². The van der Waals surface area contributed by atoms with Crippen LogP contribution in [-0.2, 0) is 4.79 Å². The van der Waals surface area contributed by atoms with Gasteiger partial charge in [-0.3, -0.25) is 14.7 Å². The van der Waals surface area contributed by atoms with Gasteiger partial charge in [-0.1, -0.05) is 37.3 Å². The summed E-state index contributed by atoms with van der Waals surface area (Å²) in [5, 5.41) is 9.67. The van der Waals surface area contributed by atoms with Crippen LogP contribution < -0.4 is 16.0 Å². The van der Waals surface area contributed by atoms with Gasteiger partial charge in [0.2, 0.25) is 5.91 Å². The standard InChI is InChI=1S/C21H35N5O.HI/c1-4-17(2)25-20(27)12-13-23-21(22-3)24-16-19(26-14-8-9-15-26)18-10-6-5-7-11-18;/h5-7,10-11,17,19H,4,8-9,12-16H2,1-3H3,(H,25,27)(H2,22,23,24);1H. The summed E-state index contributed by atoms with van der Waals surface area (Å²) in [6.45, 7) is 7.74. The van der Waals surface area contributed by atoms with Crippen molar-refractivity contribution >= 4 is 35.8 Å². The SMILES string of the molecule is CCC(C)NC(=O)CCNC(=NC)NCC(c1ccccc1)N1CCCC1.I. The minimum atomic E-state index is 0. The van der Waals surface area contributed by atoms with Crippen LogP contribution in [0.15, 0.2) is 35.3 Å². The van der Waals surface area contributed by atoms with E-state index in [2.05, 4.69) is 63.1 Å². The second-order valence-corrected chi connectivity index (χ2v) is 7.18. The Morgan fingerprint density at radius 1 is 1.18 bits per heavy atom. The van der Waals surface area contributed by atoms with Crippen molar-refractivity contribution < 1.29 is 4.79 Å². The Labute approximate surface area is 187 Å². The van der Waals surface area contributed by atoms with Crippen LogP contribution in [0.2, 0.25) is 0 Å². The fraction of sp³-hybridized carbons (Fsp3) is 0.619. The van der Waals surface area contributed by atoms with Crippen molar-refractivity contribution in [2.24, 2.45) is 4.99 Å². The fourth-order valence-corrected chi connectivity index (χ4v) is 3.34. The topological polar surface area (TPSA) is 68.8 Å². The molecule has 1 heterocycles. The van der Waals surface area contributed by atoms with E-state index in [1.54, 1.807) is 7.05 Å². The monoisotopic (exact) mass is 501 g/mol. The molecule has 2 atom stereocenters. The van der Waals surface area contributed by atoms with Crippen LogP contribution in [0.3, 0.4) is 0 Å². The molecule has 1 aliphatic heterocycles. The van der Waals surface area contributed by atoms with Crippen LogP contribution in [0, 0.1) is 0 Å². The van der Waals surface area contributed by atoms with Crippen LogP contribution in [0.1, 0.15) is 51.1 Å². The number of nitrogens with zero attached hydrogens (tertiary/aromatic N) is 2. The summed E-state index contributed by atoms with van der Waals surface area (Å²) in [7, 11) is 1.77. The zero-order valence-corrected chi connectivity index (χ0v) is 19.7. The van der Waals surface area contributed by atoms with E-state index < -0.39 is 0 Å². The molecule has 7 heteroatoms. The van der Waals surface area contributed by atoms with E-state index in [-0.39, 0.29) is 35.9 Å². The highest BCUT2D eigenvalue weighted by Gasteiger charge is 2.23. The molecule has 1 amide bonds. The molecular weight excluding hydrogens is 465 g/mol. The third-order valence-electron chi connectivity index (χ3n) is 5.12. The molecule has 0 radical (unpaired) electrons. The van der Waals surface area contributed by atoms with E-state index in [4.69, 9.17) is 0 Å². The Morgan fingerprint density at radius 3 is 2.46 bits per heavy atom. The Bertz CT molecular complexity index is 590. The van der Waals surface area contributed by atoms with Gasteiger partial charge in [0.25, 0.3) is 0 Å². The molecule has 0 spiro atoms. The van der Waals surface area contributed by atoms with Crippen molar-refractivity contribution in [3.63, 3.8) is 0 Å². The van der Waals surface area contributed by atoms with Gasteiger partial charge in [0.15, 0.2) is 5.96 Å². The fourth-order valence-electron chi connectivity index (χ4n) is 3.34. The number of hydrogen-bond acceptors (Lipinski definition) is 3. The predicted octanol–water partition coefficient (Wildman–Crippen LogP) is 2.91. The zero-order chi connectivity index (χ0) is 19.5. The van der Waals surface area contributed by atoms with Gasteiger partial charge in [-0.25, -0.2) is 0 Å². The molecule has 0 aliphatic carbocycles. The van der Waals surface area contributed by atoms with Gasteiger partial charge >= 0.3 is 0 Å². The Hall–Kier alpha value is -1.35. The lowest BCUT2D eigenvalue weighted by molar-refractivity contribution is -0.121. The molecule has 6 nitrogen and oxygen atoms in total. The number of halogens is 1. The molecule has 158 valence electrons. The number of carbonyl (C=O) groups is 1. The first-order valence-electron chi connectivity index (χ1n) is 10.2. The molecule has 2 unspecified atom stereocenters. The number of rotatable bonds is 9. The van der Waals surface area contributed by atoms with Crippen molar-refractivity contribution in [3.8, 4) is 0 Å². The highest BCUT2D eigenvalue weighted by atomic mass is 127. The first-order valence-corrected chi connectivity index (χ1v) is 10.2. The van der Waals surface area contributed by atoms with Crippen LogP contribution >= 0.6 is 24.0 Å². The lowest BCUT2D eigenvalue weighted by Gasteiger charge is -2.29. The third kappa shape index (κ3) is 8.34. The predicted molar refractivity (Wildman–Crippen MR) is 127 cm³/mol. The Balaban J connectivity index is 0.00000392. The summed E-state index contributed by atoms with van der Waals surface area (Å²) in [5.74, 6) is 0.818. The minimum Gasteiger partial charge on any atom is -0.356 e. The van der Waals surface area contributed by atoms with Gasteiger partial charge in [-0.05, 0) is 44.8 Å². The zero-order valence-electron chi connectivity index (χ0n) is 17.4. The number of nitrogens with one attached hydrogen (secondary N) is 3. The molecule has 1 aliphatic rings. The number of benzene rings is 1. The Morgan fingerprint density at radius 2 is 1.86 bits per heavy atom. The quantitative estimate of drug-likeness (QED) is 0.277. The largest absolute Gasteiger partial charge is 0.356 e. The maximum Gasteiger partial charge on any atom is 0.221 e. The van der Waals surface area contributed by atoms with Gasteiger partial charge in [0, 0.05) is 32.6 Å². The summed E-state index contributed by atoms with van der Waals surface area (Å²) < 4.78 is 0. The molecular formula is C21H36IN5O. The number of likely N-dealkylation sites (tertiary alicyclic amines) is 1. The van der Waals surface area contributed by atoms with Crippen molar-refractivity contribution in [2.45, 2.75) is 51.6 Å². The number of aliphatic imine (C=N–C) groups is 1. The van der Waals surface area contributed by atoms with Crippen LogP contribution in [0.5, 0.6) is 0 Å². The first-order chi connectivity index (χ1) is 13.1. The highest BCUT2D eigenvalue weighted by molar-refractivity contribution is 14.0. The summed E-state index contributed by atoms with van der Waals surface area (Å²) >= 11 is 0. The van der Waals surface area contributed by atoms with Crippen molar-refractivity contribution in [1.29, 1.82) is 0 Å². The molecule has 2 rings (SSSR count). The van der Waals surface area contributed by atoms with Gasteiger partial charge in [-0.2, -0.15) is 0 Å². The van der Waals surface area contributed by atoms with E-state index in [9.17, 15) is 4.79 Å². The molecule has 1 aromatic carbocycles. The molecule has 1 fully saturated rings. The second kappa shape index (κ2) is 13.8. The molecule has 0 saturated carbocycles. The third-order valence-corrected chi connectivity index (χ3v) is 5.12. The highest BCUT2D eigenvalue weighted by Crippen LogP contribution is 2.24. The normalized spacial score (nSPS) is 16.8. The maximum atomic E-state index is 11.9. The lowest BCUT2D eigenvalue weighted by Crippen LogP contribution is -2.44. The summed E-state index contributed by atoms with van der Waals surface area (Å²) in [4.78, 5) is 18.7. The number of guanidine groups is 1. The van der Waals surface area contributed by atoms with Crippen LogP contribution in [-0.4, -0.2) is 56.0 Å². The molecule has 1 aromatic rings. The molecule has 0 bridgehead atoms. The van der Waals surface area contributed by atoms with Gasteiger partial charge < -0.3 is 16.0 Å². The average Bonchev–Trinajstić information content (AvgIpc) is 3.22. The summed E-state index contributed by atoms with van der Waals surface area (Å²) in [5.41, 5.74) is 1.33. The van der Waals surface area contributed by atoms with E-state index in [1.807, 2.05) is 6.92 Å².